The average molecular weight is 254 g/mol. The molecule has 100 valence electrons. The summed E-state index contributed by atoms with van der Waals surface area (Å²) in [6.07, 6.45) is 2.56. The van der Waals surface area contributed by atoms with Gasteiger partial charge in [-0.05, 0) is 38.0 Å². The van der Waals surface area contributed by atoms with Crippen LogP contribution in [0.25, 0.3) is 0 Å². The molecule has 1 aliphatic rings. The van der Waals surface area contributed by atoms with Crippen LogP contribution in [0.2, 0.25) is 0 Å². The average Bonchev–Trinajstić information content (AvgIpc) is 2.84. The summed E-state index contributed by atoms with van der Waals surface area (Å²) in [4.78, 5) is 0. The summed E-state index contributed by atoms with van der Waals surface area (Å²) in [5.41, 5.74) is 0.488. The zero-order valence-electron chi connectivity index (χ0n) is 10.6. The number of hydrogen-bond donors (Lipinski definition) is 1. The van der Waals surface area contributed by atoms with Crippen molar-refractivity contribution in [2.24, 2.45) is 0 Å². The Balaban J connectivity index is 1.91. The summed E-state index contributed by atoms with van der Waals surface area (Å²) in [5, 5.41) is 9.57. The molecule has 1 aliphatic heterocycles. The summed E-state index contributed by atoms with van der Waals surface area (Å²) in [7, 11) is 0. The van der Waals surface area contributed by atoms with E-state index in [2.05, 4.69) is 0 Å². The molecular weight excluding hydrogens is 235 g/mol. The molecule has 0 aromatic heterocycles. The predicted molar refractivity (Wildman–Crippen MR) is 66.1 cm³/mol. The molecule has 2 rings (SSSR count). The van der Waals surface area contributed by atoms with E-state index in [-0.39, 0.29) is 11.9 Å². The van der Waals surface area contributed by atoms with Gasteiger partial charge in [-0.1, -0.05) is 0 Å². The molecule has 0 amide bonds. The van der Waals surface area contributed by atoms with Gasteiger partial charge in [-0.25, -0.2) is 4.39 Å². The fraction of sp³-hybridized carbons (Fsp3) is 0.571. The normalized spacial score (nSPS) is 20.9. The van der Waals surface area contributed by atoms with Gasteiger partial charge in [-0.3, -0.25) is 0 Å². The lowest BCUT2D eigenvalue weighted by atomic mass is 10.1. The molecular formula is C14H19FO3. The summed E-state index contributed by atoms with van der Waals surface area (Å²) in [6.45, 7) is 2.96. The highest BCUT2D eigenvalue weighted by atomic mass is 19.1. The van der Waals surface area contributed by atoms with E-state index >= 15 is 0 Å². The third-order valence-corrected chi connectivity index (χ3v) is 3.14. The number of ether oxygens (including phenoxy) is 2. The van der Waals surface area contributed by atoms with Crippen molar-refractivity contribution in [3.05, 3.63) is 29.6 Å². The molecule has 0 bridgehead atoms. The fourth-order valence-corrected chi connectivity index (χ4v) is 2.15. The van der Waals surface area contributed by atoms with Crippen LogP contribution in [-0.2, 0) is 4.74 Å². The molecule has 1 heterocycles. The highest BCUT2D eigenvalue weighted by Crippen LogP contribution is 2.26. The smallest absolute Gasteiger partial charge is 0.125 e. The Bertz CT molecular complexity index is 387. The van der Waals surface area contributed by atoms with Crippen molar-refractivity contribution in [1.29, 1.82) is 0 Å². The van der Waals surface area contributed by atoms with Gasteiger partial charge in [0.05, 0.1) is 18.8 Å². The van der Waals surface area contributed by atoms with Crippen molar-refractivity contribution in [3.8, 4) is 5.75 Å². The summed E-state index contributed by atoms with van der Waals surface area (Å²) >= 11 is 0. The van der Waals surface area contributed by atoms with Crippen LogP contribution in [0.4, 0.5) is 4.39 Å². The van der Waals surface area contributed by atoms with Gasteiger partial charge >= 0.3 is 0 Å². The second kappa shape index (κ2) is 6.16. The van der Waals surface area contributed by atoms with E-state index in [1.807, 2.05) is 0 Å². The second-order valence-corrected chi connectivity index (χ2v) is 4.63. The predicted octanol–water partition coefficient (Wildman–Crippen LogP) is 2.83. The highest BCUT2D eigenvalue weighted by Gasteiger charge is 2.16. The number of rotatable bonds is 5. The maximum atomic E-state index is 13.1. The van der Waals surface area contributed by atoms with E-state index in [1.54, 1.807) is 13.0 Å². The molecule has 1 aromatic carbocycles. The van der Waals surface area contributed by atoms with Crippen LogP contribution in [0.5, 0.6) is 5.75 Å². The Kier molecular flexibility index (Phi) is 4.55. The van der Waals surface area contributed by atoms with E-state index in [4.69, 9.17) is 9.47 Å². The lowest BCUT2D eigenvalue weighted by Gasteiger charge is -2.15. The maximum Gasteiger partial charge on any atom is 0.125 e. The first kappa shape index (κ1) is 13.3. The van der Waals surface area contributed by atoms with E-state index < -0.39 is 6.10 Å². The monoisotopic (exact) mass is 254 g/mol. The van der Waals surface area contributed by atoms with Crippen molar-refractivity contribution in [3.63, 3.8) is 0 Å². The van der Waals surface area contributed by atoms with E-state index in [9.17, 15) is 9.50 Å². The van der Waals surface area contributed by atoms with Gasteiger partial charge in [0, 0.05) is 18.6 Å². The van der Waals surface area contributed by atoms with E-state index in [0.29, 0.717) is 17.9 Å². The molecule has 0 radical (unpaired) electrons. The first-order valence-electron chi connectivity index (χ1n) is 6.38. The highest BCUT2D eigenvalue weighted by molar-refractivity contribution is 5.35. The quantitative estimate of drug-likeness (QED) is 0.878. The molecule has 0 aliphatic carbocycles. The van der Waals surface area contributed by atoms with Gasteiger partial charge in [-0.15, -0.1) is 0 Å². The molecule has 1 N–H and O–H groups in total. The number of aliphatic hydroxyl groups is 1. The van der Waals surface area contributed by atoms with Gasteiger partial charge in [0.15, 0.2) is 0 Å². The Morgan fingerprint density at radius 3 is 3.06 bits per heavy atom. The van der Waals surface area contributed by atoms with Crippen LogP contribution in [0.3, 0.4) is 0 Å². The van der Waals surface area contributed by atoms with Crippen molar-refractivity contribution >= 4 is 0 Å². The molecule has 1 aromatic rings. The van der Waals surface area contributed by atoms with Crippen molar-refractivity contribution in [2.45, 2.75) is 38.4 Å². The molecule has 18 heavy (non-hydrogen) atoms. The van der Waals surface area contributed by atoms with E-state index in [1.165, 1.54) is 12.1 Å². The molecule has 1 fully saturated rings. The maximum absolute atomic E-state index is 13.1. The first-order valence-corrected chi connectivity index (χ1v) is 6.38. The molecule has 1 saturated heterocycles. The number of aliphatic hydroxyl groups excluding tert-OH is 1. The van der Waals surface area contributed by atoms with Crippen LogP contribution in [0.1, 0.15) is 37.9 Å². The summed E-state index contributed by atoms with van der Waals surface area (Å²) < 4.78 is 24.2. The zero-order valence-corrected chi connectivity index (χ0v) is 10.6. The molecule has 1 unspecified atom stereocenters. The van der Waals surface area contributed by atoms with Crippen molar-refractivity contribution in [2.75, 3.05) is 13.2 Å². The second-order valence-electron chi connectivity index (χ2n) is 4.63. The summed E-state index contributed by atoms with van der Waals surface area (Å²) in [6, 6.07) is 4.21. The third kappa shape index (κ3) is 3.43. The van der Waals surface area contributed by atoms with Gasteiger partial charge in [-0.2, -0.15) is 0 Å². The standard InChI is InChI=1S/C14H19FO3/c1-10(16)13-9-11(15)4-5-14(13)18-8-6-12-3-2-7-17-12/h4-5,9-10,12,16H,2-3,6-8H2,1H3/t10-,12?/m0/s1. The van der Waals surface area contributed by atoms with Crippen LogP contribution < -0.4 is 4.74 Å². The number of hydrogen-bond acceptors (Lipinski definition) is 3. The zero-order chi connectivity index (χ0) is 13.0. The Morgan fingerprint density at radius 2 is 2.39 bits per heavy atom. The van der Waals surface area contributed by atoms with Gasteiger partial charge in [0.25, 0.3) is 0 Å². The number of halogens is 1. The largest absolute Gasteiger partial charge is 0.493 e. The minimum absolute atomic E-state index is 0.278. The Labute approximate surface area is 107 Å². The lowest BCUT2D eigenvalue weighted by Crippen LogP contribution is -2.11. The fourth-order valence-electron chi connectivity index (χ4n) is 2.15. The molecule has 0 saturated carbocycles. The van der Waals surface area contributed by atoms with Crippen LogP contribution >= 0.6 is 0 Å². The number of benzene rings is 1. The van der Waals surface area contributed by atoms with Crippen molar-refractivity contribution < 1.29 is 19.0 Å². The SMILES string of the molecule is C[C@H](O)c1cc(F)ccc1OCCC1CCCO1. The minimum atomic E-state index is -0.738. The van der Waals surface area contributed by atoms with Crippen LogP contribution in [0.15, 0.2) is 18.2 Å². The van der Waals surface area contributed by atoms with Crippen LogP contribution in [0, 0.1) is 5.82 Å². The Hall–Kier alpha value is -1.13. The van der Waals surface area contributed by atoms with Gasteiger partial charge in [0.1, 0.15) is 11.6 Å². The molecule has 0 spiro atoms. The third-order valence-electron chi connectivity index (χ3n) is 3.14. The first-order chi connectivity index (χ1) is 8.66. The van der Waals surface area contributed by atoms with E-state index in [0.717, 1.165) is 25.9 Å². The van der Waals surface area contributed by atoms with Gasteiger partial charge in [0.2, 0.25) is 0 Å². The van der Waals surface area contributed by atoms with Gasteiger partial charge < -0.3 is 14.6 Å². The minimum Gasteiger partial charge on any atom is -0.493 e. The molecule has 3 nitrogen and oxygen atoms in total. The molecule has 2 atom stereocenters. The Morgan fingerprint density at radius 1 is 1.56 bits per heavy atom. The topological polar surface area (TPSA) is 38.7 Å². The van der Waals surface area contributed by atoms with Crippen LogP contribution in [-0.4, -0.2) is 24.4 Å². The molecule has 4 heteroatoms. The summed E-state index contributed by atoms with van der Waals surface area (Å²) in [5.74, 6) is 0.182. The lowest BCUT2D eigenvalue weighted by molar-refractivity contribution is 0.0896. The van der Waals surface area contributed by atoms with Crippen molar-refractivity contribution in [1.82, 2.24) is 0 Å².